The van der Waals surface area contributed by atoms with E-state index in [2.05, 4.69) is 12.7 Å². The summed E-state index contributed by atoms with van der Waals surface area (Å²) in [6.07, 6.45) is 12.3. The molecular weight excluding hydrogens is 196 g/mol. The van der Waals surface area contributed by atoms with Gasteiger partial charge in [0.2, 0.25) is 0 Å². The Balaban J connectivity index is 2.61. The van der Waals surface area contributed by atoms with Gasteiger partial charge in [0.25, 0.3) is 0 Å². The molecule has 1 aliphatic rings. The summed E-state index contributed by atoms with van der Waals surface area (Å²) in [6, 6.07) is 0.353. The Morgan fingerprint density at radius 3 is 2.81 bits per heavy atom. The minimum Gasteiger partial charge on any atom is -0.402 e. The molecule has 0 amide bonds. The van der Waals surface area contributed by atoms with Crippen molar-refractivity contribution in [3.8, 4) is 0 Å². The largest absolute Gasteiger partial charge is 0.402 e. The number of nitrogens with two attached hydrogens (primary N) is 2. The standard InChI is InChI=1S/C14H22N2/c1-3-12(5-4-11(2)15)10-13-6-8-14(16)9-7-13/h3-6,14H,1,7-10,15-16H2,2H3/b11-4+,12-5+. The fourth-order valence-electron chi connectivity index (χ4n) is 1.77. The molecule has 0 radical (unpaired) electrons. The van der Waals surface area contributed by atoms with Crippen LogP contribution in [0.15, 0.2) is 47.7 Å². The molecule has 0 saturated heterocycles. The first kappa shape index (κ1) is 12.8. The minimum atomic E-state index is 0.353. The van der Waals surface area contributed by atoms with E-state index in [-0.39, 0.29) is 0 Å². The van der Waals surface area contributed by atoms with Gasteiger partial charge in [0.05, 0.1) is 0 Å². The summed E-state index contributed by atoms with van der Waals surface area (Å²) < 4.78 is 0. The highest BCUT2D eigenvalue weighted by Crippen LogP contribution is 2.23. The second-order valence-corrected chi connectivity index (χ2v) is 4.43. The van der Waals surface area contributed by atoms with E-state index in [0.29, 0.717) is 6.04 Å². The fraction of sp³-hybridized carbons (Fsp3) is 0.429. The van der Waals surface area contributed by atoms with Gasteiger partial charge in [-0.25, -0.2) is 0 Å². The van der Waals surface area contributed by atoms with E-state index < -0.39 is 0 Å². The van der Waals surface area contributed by atoms with Crippen molar-refractivity contribution < 1.29 is 0 Å². The Kier molecular flexibility index (Phi) is 5.06. The Hall–Kier alpha value is -1.28. The second kappa shape index (κ2) is 6.33. The zero-order chi connectivity index (χ0) is 12.0. The molecule has 1 rings (SSSR count). The molecule has 0 spiro atoms. The molecule has 0 bridgehead atoms. The molecule has 16 heavy (non-hydrogen) atoms. The van der Waals surface area contributed by atoms with E-state index in [1.807, 2.05) is 25.2 Å². The van der Waals surface area contributed by atoms with Crippen molar-refractivity contribution in [1.82, 2.24) is 0 Å². The molecule has 0 saturated carbocycles. The van der Waals surface area contributed by atoms with Crippen molar-refractivity contribution in [3.63, 3.8) is 0 Å². The summed E-state index contributed by atoms with van der Waals surface area (Å²) in [6.45, 7) is 5.71. The third-order valence-electron chi connectivity index (χ3n) is 2.80. The SMILES string of the molecule is C=C/C(=C\C=C(/C)N)CC1=CCC(N)CC1. The molecule has 0 aromatic carbocycles. The predicted molar refractivity (Wildman–Crippen MR) is 70.8 cm³/mol. The smallest absolute Gasteiger partial charge is 0.00765 e. The molecule has 1 unspecified atom stereocenters. The van der Waals surface area contributed by atoms with E-state index in [0.717, 1.165) is 31.4 Å². The van der Waals surface area contributed by atoms with Gasteiger partial charge in [0.1, 0.15) is 0 Å². The molecule has 1 aliphatic carbocycles. The summed E-state index contributed by atoms with van der Waals surface area (Å²) in [7, 11) is 0. The van der Waals surface area contributed by atoms with Crippen LogP contribution >= 0.6 is 0 Å². The van der Waals surface area contributed by atoms with Gasteiger partial charge < -0.3 is 11.5 Å². The van der Waals surface area contributed by atoms with E-state index in [9.17, 15) is 0 Å². The maximum absolute atomic E-state index is 5.85. The van der Waals surface area contributed by atoms with Crippen LogP contribution in [0.5, 0.6) is 0 Å². The van der Waals surface area contributed by atoms with Crippen molar-refractivity contribution in [2.75, 3.05) is 0 Å². The van der Waals surface area contributed by atoms with E-state index >= 15 is 0 Å². The molecule has 2 heteroatoms. The number of rotatable bonds is 4. The highest BCUT2D eigenvalue weighted by atomic mass is 14.6. The van der Waals surface area contributed by atoms with Crippen LogP contribution in [0.2, 0.25) is 0 Å². The highest BCUT2D eigenvalue weighted by Gasteiger charge is 2.10. The third-order valence-corrected chi connectivity index (χ3v) is 2.80. The monoisotopic (exact) mass is 218 g/mol. The molecular formula is C14H22N2. The van der Waals surface area contributed by atoms with Crippen LogP contribution in [0.3, 0.4) is 0 Å². The molecule has 0 heterocycles. The van der Waals surface area contributed by atoms with Gasteiger partial charge >= 0.3 is 0 Å². The zero-order valence-corrected chi connectivity index (χ0v) is 10.1. The average molecular weight is 218 g/mol. The van der Waals surface area contributed by atoms with E-state index in [1.54, 1.807) is 0 Å². The van der Waals surface area contributed by atoms with Crippen molar-refractivity contribution in [3.05, 3.63) is 47.7 Å². The quantitative estimate of drug-likeness (QED) is 0.563. The van der Waals surface area contributed by atoms with E-state index in [1.165, 1.54) is 11.1 Å². The van der Waals surface area contributed by atoms with Crippen LogP contribution in [0.4, 0.5) is 0 Å². The summed E-state index contributed by atoms with van der Waals surface area (Å²) in [5.74, 6) is 0. The Labute approximate surface area is 98.4 Å². The molecule has 4 N–H and O–H groups in total. The number of allylic oxidation sites excluding steroid dienone is 6. The van der Waals surface area contributed by atoms with Gasteiger partial charge in [-0.1, -0.05) is 30.4 Å². The van der Waals surface area contributed by atoms with Gasteiger partial charge in [-0.3, -0.25) is 0 Å². The van der Waals surface area contributed by atoms with Crippen molar-refractivity contribution in [1.29, 1.82) is 0 Å². The molecule has 1 atom stereocenters. The first-order valence-corrected chi connectivity index (χ1v) is 5.80. The van der Waals surface area contributed by atoms with Gasteiger partial charge in [0, 0.05) is 11.7 Å². The lowest BCUT2D eigenvalue weighted by molar-refractivity contribution is 0.584. The summed E-state index contributed by atoms with van der Waals surface area (Å²) in [4.78, 5) is 0. The molecule has 0 aromatic heterocycles. The second-order valence-electron chi connectivity index (χ2n) is 4.43. The maximum atomic E-state index is 5.85. The Morgan fingerprint density at radius 1 is 1.56 bits per heavy atom. The molecule has 88 valence electrons. The lowest BCUT2D eigenvalue weighted by Crippen LogP contribution is -2.21. The maximum Gasteiger partial charge on any atom is 0.00765 e. The average Bonchev–Trinajstić information content (AvgIpc) is 2.26. The van der Waals surface area contributed by atoms with Crippen LogP contribution in [-0.4, -0.2) is 6.04 Å². The van der Waals surface area contributed by atoms with Gasteiger partial charge in [-0.05, 0) is 44.3 Å². The summed E-state index contributed by atoms with van der Waals surface area (Å²) in [5.41, 5.74) is 15.0. The van der Waals surface area contributed by atoms with Crippen molar-refractivity contribution in [2.45, 2.75) is 38.6 Å². The van der Waals surface area contributed by atoms with Crippen LogP contribution in [0.1, 0.15) is 32.6 Å². The van der Waals surface area contributed by atoms with Crippen molar-refractivity contribution in [2.24, 2.45) is 11.5 Å². The van der Waals surface area contributed by atoms with Crippen LogP contribution in [0.25, 0.3) is 0 Å². The predicted octanol–water partition coefficient (Wildman–Crippen LogP) is 2.79. The van der Waals surface area contributed by atoms with Crippen LogP contribution < -0.4 is 11.5 Å². The third kappa shape index (κ3) is 4.49. The topological polar surface area (TPSA) is 52.0 Å². The fourth-order valence-corrected chi connectivity index (χ4v) is 1.77. The zero-order valence-electron chi connectivity index (χ0n) is 10.1. The molecule has 0 aromatic rings. The normalized spacial score (nSPS) is 22.9. The van der Waals surface area contributed by atoms with Crippen molar-refractivity contribution >= 4 is 0 Å². The molecule has 2 nitrogen and oxygen atoms in total. The van der Waals surface area contributed by atoms with Crippen LogP contribution in [0, 0.1) is 0 Å². The van der Waals surface area contributed by atoms with Gasteiger partial charge in [-0.2, -0.15) is 0 Å². The molecule has 0 aliphatic heterocycles. The summed E-state index contributed by atoms with van der Waals surface area (Å²) in [5, 5.41) is 0. The minimum absolute atomic E-state index is 0.353. The molecule has 0 fully saturated rings. The van der Waals surface area contributed by atoms with Gasteiger partial charge in [0.15, 0.2) is 0 Å². The highest BCUT2D eigenvalue weighted by molar-refractivity contribution is 5.29. The van der Waals surface area contributed by atoms with E-state index in [4.69, 9.17) is 11.5 Å². The summed E-state index contributed by atoms with van der Waals surface area (Å²) >= 11 is 0. The number of hydrogen-bond donors (Lipinski definition) is 2. The van der Waals surface area contributed by atoms with Gasteiger partial charge in [-0.15, -0.1) is 0 Å². The van der Waals surface area contributed by atoms with Crippen LogP contribution in [-0.2, 0) is 0 Å². The Bertz CT molecular complexity index is 331. The number of hydrogen-bond acceptors (Lipinski definition) is 2. The lowest BCUT2D eigenvalue weighted by Gasteiger charge is -2.18. The lowest BCUT2D eigenvalue weighted by atomic mass is 9.91. The first-order chi connectivity index (χ1) is 7.61. The first-order valence-electron chi connectivity index (χ1n) is 5.80. The Morgan fingerprint density at radius 2 is 2.31 bits per heavy atom.